The van der Waals surface area contributed by atoms with E-state index in [-0.39, 0.29) is 17.2 Å². The van der Waals surface area contributed by atoms with Crippen LogP contribution in [0.4, 0.5) is 0 Å². The molecule has 3 heterocycles. The topological polar surface area (TPSA) is 76.4 Å². The Balaban J connectivity index is 1.37. The molecule has 2 fully saturated rings. The van der Waals surface area contributed by atoms with E-state index in [2.05, 4.69) is 15.8 Å². The molecule has 6 heteroatoms. The average molecular weight is 315 g/mol. The molecule has 1 amide bonds. The van der Waals surface area contributed by atoms with Crippen molar-refractivity contribution in [2.75, 3.05) is 32.8 Å². The molecule has 1 aromatic carbocycles. The third kappa shape index (κ3) is 2.62. The van der Waals surface area contributed by atoms with Gasteiger partial charge in [0.05, 0.1) is 18.2 Å². The molecule has 2 atom stereocenters. The van der Waals surface area contributed by atoms with Gasteiger partial charge in [0.15, 0.2) is 5.58 Å². The summed E-state index contributed by atoms with van der Waals surface area (Å²) in [6, 6.07) is 7.79. The van der Waals surface area contributed by atoms with Crippen molar-refractivity contribution in [3.05, 3.63) is 30.0 Å². The monoisotopic (exact) mass is 315 g/mol. The zero-order chi connectivity index (χ0) is 15.7. The van der Waals surface area contributed by atoms with E-state index in [1.807, 2.05) is 24.3 Å². The average Bonchev–Trinajstić information content (AvgIpc) is 3.29. The Kier molecular flexibility index (Phi) is 3.79. The number of rotatable bonds is 4. The smallest absolute Gasteiger partial charge is 0.225 e. The van der Waals surface area contributed by atoms with Crippen molar-refractivity contribution in [3.63, 3.8) is 0 Å². The molecule has 23 heavy (non-hydrogen) atoms. The highest BCUT2D eigenvalue weighted by Crippen LogP contribution is 2.39. The molecule has 2 saturated heterocycles. The summed E-state index contributed by atoms with van der Waals surface area (Å²) >= 11 is 0. The SMILES string of the molecule is O=C(NCCc1noc2ccccc12)C1CNCC12CCOC2. The number of hydrogen-bond acceptors (Lipinski definition) is 5. The Morgan fingerprint density at radius 2 is 2.35 bits per heavy atom. The number of hydrogen-bond donors (Lipinski definition) is 2. The fourth-order valence-corrected chi connectivity index (χ4v) is 3.76. The summed E-state index contributed by atoms with van der Waals surface area (Å²) in [5, 5.41) is 11.5. The Morgan fingerprint density at radius 3 is 3.22 bits per heavy atom. The van der Waals surface area contributed by atoms with Gasteiger partial charge in [-0.25, -0.2) is 0 Å². The predicted octanol–water partition coefficient (Wildman–Crippen LogP) is 1.11. The first kappa shape index (κ1) is 14.7. The van der Waals surface area contributed by atoms with Crippen molar-refractivity contribution >= 4 is 16.9 Å². The van der Waals surface area contributed by atoms with Crippen LogP contribution in [-0.4, -0.2) is 43.9 Å². The number of para-hydroxylation sites is 1. The van der Waals surface area contributed by atoms with E-state index < -0.39 is 0 Å². The fraction of sp³-hybridized carbons (Fsp3) is 0.529. The van der Waals surface area contributed by atoms with E-state index in [0.29, 0.717) is 19.6 Å². The number of ether oxygens (including phenoxy) is 1. The van der Waals surface area contributed by atoms with Crippen molar-refractivity contribution in [1.82, 2.24) is 15.8 Å². The maximum atomic E-state index is 12.5. The van der Waals surface area contributed by atoms with Gasteiger partial charge in [0.1, 0.15) is 0 Å². The first-order valence-electron chi connectivity index (χ1n) is 8.18. The lowest BCUT2D eigenvalue weighted by Gasteiger charge is -2.27. The van der Waals surface area contributed by atoms with Crippen molar-refractivity contribution in [2.45, 2.75) is 12.8 Å². The number of aromatic nitrogens is 1. The lowest BCUT2D eigenvalue weighted by atomic mass is 9.77. The highest BCUT2D eigenvalue weighted by atomic mass is 16.5. The van der Waals surface area contributed by atoms with E-state index in [0.717, 1.165) is 42.8 Å². The largest absolute Gasteiger partial charge is 0.381 e. The van der Waals surface area contributed by atoms with Crippen molar-refractivity contribution < 1.29 is 14.1 Å². The van der Waals surface area contributed by atoms with Gasteiger partial charge in [0, 0.05) is 43.5 Å². The molecular weight excluding hydrogens is 294 g/mol. The first-order valence-corrected chi connectivity index (χ1v) is 8.18. The minimum absolute atomic E-state index is 0.000877. The molecule has 1 spiro atoms. The van der Waals surface area contributed by atoms with Gasteiger partial charge in [-0.15, -0.1) is 0 Å². The van der Waals surface area contributed by atoms with Crippen LogP contribution >= 0.6 is 0 Å². The summed E-state index contributed by atoms with van der Waals surface area (Å²) in [4.78, 5) is 12.5. The van der Waals surface area contributed by atoms with Crippen LogP contribution in [0.1, 0.15) is 12.1 Å². The van der Waals surface area contributed by atoms with Crippen LogP contribution in [0.25, 0.3) is 11.0 Å². The molecule has 2 aromatic rings. The van der Waals surface area contributed by atoms with E-state index in [9.17, 15) is 4.79 Å². The third-order valence-corrected chi connectivity index (χ3v) is 5.13. The normalized spacial score (nSPS) is 27.0. The minimum Gasteiger partial charge on any atom is -0.381 e. The summed E-state index contributed by atoms with van der Waals surface area (Å²) in [7, 11) is 0. The van der Waals surface area contributed by atoms with E-state index >= 15 is 0 Å². The van der Waals surface area contributed by atoms with Crippen LogP contribution in [0, 0.1) is 11.3 Å². The van der Waals surface area contributed by atoms with Gasteiger partial charge in [0.2, 0.25) is 5.91 Å². The molecule has 0 aliphatic carbocycles. The Hall–Kier alpha value is -1.92. The molecule has 2 aliphatic rings. The Bertz CT molecular complexity index is 700. The third-order valence-electron chi connectivity index (χ3n) is 5.13. The fourth-order valence-electron chi connectivity index (χ4n) is 3.76. The molecular formula is C17H21N3O3. The Labute approximate surface area is 134 Å². The Morgan fingerprint density at radius 1 is 1.43 bits per heavy atom. The number of fused-ring (bicyclic) bond motifs is 1. The molecule has 4 rings (SSSR count). The van der Waals surface area contributed by atoms with Crippen LogP contribution in [0.3, 0.4) is 0 Å². The molecule has 2 aliphatic heterocycles. The van der Waals surface area contributed by atoms with Gasteiger partial charge >= 0.3 is 0 Å². The summed E-state index contributed by atoms with van der Waals surface area (Å²) in [6.45, 7) is 3.63. The second kappa shape index (κ2) is 5.94. The van der Waals surface area contributed by atoms with Gasteiger partial charge < -0.3 is 19.9 Å². The number of amides is 1. The van der Waals surface area contributed by atoms with Crippen LogP contribution in [0.15, 0.2) is 28.8 Å². The van der Waals surface area contributed by atoms with Crippen LogP contribution < -0.4 is 10.6 Å². The quantitative estimate of drug-likeness (QED) is 0.884. The van der Waals surface area contributed by atoms with Gasteiger partial charge in [-0.05, 0) is 18.6 Å². The predicted molar refractivity (Wildman–Crippen MR) is 85.0 cm³/mol. The second-order valence-corrected chi connectivity index (χ2v) is 6.51. The lowest BCUT2D eigenvalue weighted by molar-refractivity contribution is -0.127. The molecule has 0 saturated carbocycles. The van der Waals surface area contributed by atoms with Crippen molar-refractivity contribution in [1.29, 1.82) is 0 Å². The molecule has 1 aromatic heterocycles. The van der Waals surface area contributed by atoms with Crippen LogP contribution in [0.2, 0.25) is 0 Å². The summed E-state index contributed by atoms with van der Waals surface area (Å²) in [5.41, 5.74) is 1.67. The molecule has 122 valence electrons. The lowest BCUT2D eigenvalue weighted by Crippen LogP contribution is -2.42. The number of carbonyl (C=O) groups excluding carboxylic acids is 1. The first-order chi connectivity index (χ1) is 11.3. The standard InChI is InChI=1S/C17H21N3O3/c21-16(13-9-18-10-17(13)6-8-22-11-17)19-7-5-14-12-3-1-2-4-15(12)23-20-14/h1-4,13,18H,5-11H2,(H,19,21). The van der Waals surface area contributed by atoms with E-state index in [1.54, 1.807) is 0 Å². The zero-order valence-corrected chi connectivity index (χ0v) is 13.0. The second-order valence-electron chi connectivity index (χ2n) is 6.51. The maximum absolute atomic E-state index is 12.5. The van der Waals surface area contributed by atoms with Gasteiger partial charge in [0.25, 0.3) is 0 Å². The number of nitrogens with zero attached hydrogens (tertiary/aromatic N) is 1. The van der Waals surface area contributed by atoms with E-state index in [4.69, 9.17) is 9.26 Å². The number of nitrogens with one attached hydrogen (secondary N) is 2. The highest BCUT2D eigenvalue weighted by molar-refractivity contribution is 5.81. The molecule has 6 nitrogen and oxygen atoms in total. The molecule has 2 N–H and O–H groups in total. The zero-order valence-electron chi connectivity index (χ0n) is 13.0. The van der Waals surface area contributed by atoms with Gasteiger partial charge in [-0.1, -0.05) is 17.3 Å². The molecule has 2 unspecified atom stereocenters. The van der Waals surface area contributed by atoms with Gasteiger partial charge in [-0.3, -0.25) is 4.79 Å². The number of carbonyl (C=O) groups is 1. The number of benzene rings is 1. The van der Waals surface area contributed by atoms with Crippen molar-refractivity contribution in [2.24, 2.45) is 11.3 Å². The molecule has 0 bridgehead atoms. The van der Waals surface area contributed by atoms with Crippen LogP contribution in [-0.2, 0) is 16.0 Å². The van der Waals surface area contributed by atoms with Crippen molar-refractivity contribution in [3.8, 4) is 0 Å². The summed E-state index contributed by atoms with van der Waals surface area (Å²) in [6.07, 6.45) is 1.64. The summed E-state index contributed by atoms with van der Waals surface area (Å²) in [5.74, 6) is 0.118. The highest BCUT2D eigenvalue weighted by Gasteiger charge is 2.49. The van der Waals surface area contributed by atoms with Gasteiger partial charge in [-0.2, -0.15) is 0 Å². The summed E-state index contributed by atoms with van der Waals surface area (Å²) < 4.78 is 10.8. The molecule has 0 radical (unpaired) electrons. The minimum atomic E-state index is -0.00926. The maximum Gasteiger partial charge on any atom is 0.225 e. The van der Waals surface area contributed by atoms with Crippen LogP contribution in [0.5, 0.6) is 0 Å². The van der Waals surface area contributed by atoms with E-state index in [1.165, 1.54) is 0 Å².